The second-order valence-electron chi connectivity index (χ2n) is 6.26. The Hall–Kier alpha value is -0.550. The fraction of sp³-hybridized carbons (Fsp3) is 0.933. The molecule has 0 heterocycles. The zero-order valence-corrected chi connectivity index (χ0v) is 11.3. The molecule has 0 aromatic carbocycles. The fourth-order valence-electron chi connectivity index (χ4n) is 3.49. The van der Waals surface area contributed by atoms with Crippen molar-refractivity contribution in [3.05, 3.63) is 0 Å². The van der Waals surface area contributed by atoms with Crippen molar-refractivity contribution >= 4 is 0 Å². The number of hydrogen-bond donors (Lipinski definition) is 1. The van der Waals surface area contributed by atoms with Gasteiger partial charge in [-0.3, -0.25) is 0 Å². The number of rotatable bonds is 2. The second-order valence-corrected chi connectivity index (χ2v) is 6.26. The predicted molar refractivity (Wildman–Crippen MR) is 70.5 cm³/mol. The molecule has 0 spiro atoms. The first-order valence-corrected chi connectivity index (χ1v) is 7.36. The summed E-state index contributed by atoms with van der Waals surface area (Å²) in [5.74, 6) is 1.98. The summed E-state index contributed by atoms with van der Waals surface area (Å²) in [7, 11) is 0. The molecule has 2 nitrogen and oxygen atoms in total. The van der Waals surface area contributed by atoms with E-state index in [0.29, 0.717) is 12.1 Å². The van der Waals surface area contributed by atoms with E-state index in [1.54, 1.807) is 0 Å². The number of nitrogens with one attached hydrogen (secondary N) is 1. The van der Waals surface area contributed by atoms with Crippen LogP contribution in [-0.2, 0) is 0 Å². The molecule has 5 atom stereocenters. The predicted octanol–water partition coefficient (Wildman–Crippen LogP) is 3.48. The third-order valence-corrected chi connectivity index (χ3v) is 4.98. The van der Waals surface area contributed by atoms with Crippen LogP contribution in [0.5, 0.6) is 0 Å². The van der Waals surface area contributed by atoms with Crippen molar-refractivity contribution in [2.75, 3.05) is 0 Å². The smallest absolute Gasteiger partial charge is 0.0672 e. The Morgan fingerprint density at radius 2 is 1.76 bits per heavy atom. The summed E-state index contributed by atoms with van der Waals surface area (Å²) >= 11 is 0. The molecule has 0 aromatic rings. The summed E-state index contributed by atoms with van der Waals surface area (Å²) in [5.41, 5.74) is 0. The van der Waals surface area contributed by atoms with Gasteiger partial charge in [-0.15, -0.1) is 0 Å². The summed E-state index contributed by atoms with van der Waals surface area (Å²) in [5, 5.41) is 13.0. The van der Waals surface area contributed by atoms with Crippen molar-refractivity contribution in [3.63, 3.8) is 0 Å². The van der Waals surface area contributed by atoms with Gasteiger partial charge in [-0.2, -0.15) is 5.26 Å². The Morgan fingerprint density at radius 1 is 1.00 bits per heavy atom. The average Bonchev–Trinajstić information content (AvgIpc) is 2.34. The highest BCUT2D eigenvalue weighted by atomic mass is 15.0. The zero-order chi connectivity index (χ0) is 12.3. The van der Waals surface area contributed by atoms with Gasteiger partial charge < -0.3 is 5.32 Å². The SMILES string of the molecule is CC1CCC(NC2CCCCC2C#N)CC1C. The molecule has 0 saturated heterocycles. The molecule has 2 fully saturated rings. The van der Waals surface area contributed by atoms with Crippen molar-refractivity contribution in [2.24, 2.45) is 17.8 Å². The average molecular weight is 234 g/mol. The van der Waals surface area contributed by atoms with Gasteiger partial charge >= 0.3 is 0 Å². The maximum absolute atomic E-state index is 9.19. The highest BCUT2D eigenvalue weighted by molar-refractivity contribution is 4.96. The van der Waals surface area contributed by atoms with Gasteiger partial charge in [-0.1, -0.05) is 26.7 Å². The van der Waals surface area contributed by atoms with Crippen LogP contribution in [0.4, 0.5) is 0 Å². The van der Waals surface area contributed by atoms with Crippen molar-refractivity contribution in [1.82, 2.24) is 5.32 Å². The molecule has 2 heteroatoms. The summed E-state index contributed by atoms with van der Waals surface area (Å²) in [6.45, 7) is 4.75. The quantitative estimate of drug-likeness (QED) is 0.794. The molecule has 2 aliphatic rings. The monoisotopic (exact) mass is 234 g/mol. The van der Waals surface area contributed by atoms with Gasteiger partial charge in [0.15, 0.2) is 0 Å². The van der Waals surface area contributed by atoms with E-state index in [1.165, 1.54) is 38.5 Å². The van der Waals surface area contributed by atoms with Gasteiger partial charge in [-0.25, -0.2) is 0 Å². The maximum Gasteiger partial charge on any atom is 0.0672 e. The third-order valence-electron chi connectivity index (χ3n) is 4.98. The Morgan fingerprint density at radius 3 is 2.47 bits per heavy atom. The van der Waals surface area contributed by atoms with E-state index in [4.69, 9.17) is 0 Å². The molecule has 0 aliphatic heterocycles. The Kier molecular flexibility index (Phi) is 4.45. The van der Waals surface area contributed by atoms with E-state index in [0.717, 1.165) is 18.3 Å². The molecule has 0 radical (unpaired) electrons. The molecule has 0 aromatic heterocycles. The van der Waals surface area contributed by atoms with Crippen LogP contribution in [0.15, 0.2) is 0 Å². The highest BCUT2D eigenvalue weighted by Gasteiger charge is 2.30. The highest BCUT2D eigenvalue weighted by Crippen LogP contribution is 2.31. The summed E-state index contributed by atoms with van der Waals surface area (Å²) in [6.07, 6.45) is 8.81. The van der Waals surface area contributed by atoms with Crippen LogP contribution < -0.4 is 5.32 Å². The first-order valence-electron chi connectivity index (χ1n) is 7.36. The second kappa shape index (κ2) is 5.87. The van der Waals surface area contributed by atoms with Gasteiger partial charge in [0.25, 0.3) is 0 Å². The van der Waals surface area contributed by atoms with Crippen LogP contribution in [0.3, 0.4) is 0 Å². The van der Waals surface area contributed by atoms with Gasteiger partial charge in [-0.05, 0) is 43.9 Å². The van der Waals surface area contributed by atoms with Crippen LogP contribution in [0.1, 0.15) is 58.8 Å². The minimum atomic E-state index is 0.262. The molecule has 2 aliphatic carbocycles. The minimum absolute atomic E-state index is 0.262. The lowest BCUT2D eigenvalue weighted by atomic mass is 9.78. The molecule has 5 unspecified atom stereocenters. The molecule has 0 amide bonds. The Balaban J connectivity index is 1.85. The molecule has 96 valence electrons. The zero-order valence-electron chi connectivity index (χ0n) is 11.3. The first kappa shape index (κ1) is 12.9. The molecule has 2 saturated carbocycles. The molecule has 1 N–H and O–H groups in total. The van der Waals surface area contributed by atoms with Crippen molar-refractivity contribution < 1.29 is 0 Å². The Labute approximate surface area is 106 Å². The summed E-state index contributed by atoms with van der Waals surface area (Å²) in [4.78, 5) is 0. The normalized spacial score (nSPS) is 43.0. The van der Waals surface area contributed by atoms with Gasteiger partial charge in [0.05, 0.1) is 12.0 Å². The van der Waals surface area contributed by atoms with E-state index in [1.807, 2.05) is 0 Å². The van der Waals surface area contributed by atoms with Gasteiger partial charge in [0.1, 0.15) is 0 Å². The molecular formula is C15H26N2. The summed E-state index contributed by atoms with van der Waals surface area (Å²) in [6, 6.07) is 3.64. The van der Waals surface area contributed by atoms with Crippen molar-refractivity contribution in [3.8, 4) is 6.07 Å². The molecule has 0 bridgehead atoms. The molecular weight excluding hydrogens is 208 g/mol. The topological polar surface area (TPSA) is 35.8 Å². The van der Waals surface area contributed by atoms with Crippen LogP contribution >= 0.6 is 0 Å². The molecule has 2 rings (SSSR count). The van der Waals surface area contributed by atoms with Crippen molar-refractivity contribution in [1.29, 1.82) is 5.26 Å². The number of hydrogen-bond acceptors (Lipinski definition) is 2. The van der Waals surface area contributed by atoms with E-state index < -0.39 is 0 Å². The lowest BCUT2D eigenvalue weighted by Crippen LogP contribution is -2.46. The van der Waals surface area contributed by atoms with Crippen LogP contribution in [0.2, 0.25) is 0 Å². The van der Waals surface area contributed by atoms with Crippen LogP contribution in [-0.4, -0.2) is 12.1 Å². The number of nitriles is 1. The van der Waals surface area contributed by atoms with Crippen LogP contribution in [0, 0.1) is 29.1 Å². The van der Waals surface area contributed by atoms with Gasteiger partial charge in [0.2, 0.25) is 0 Å². The lowest BCUT2D eigenvalue weighted by molar-refractivity contribution is 0.192. The van der Waals surface area contributed by atoms with Crippen molar-refractivity contribution in [2.45, 2.75) is 70.9 Å². The third kappa shape index (κ3) is 3.22. The number of nitrogens with zero attached hydrogens (tertiary/aromatic N) is 1. The van der Waals surface area contributed by atoms with E-state index in [2.05, 4.69) is 25.2 Å². The molecule has 17 heavy (non-hydrogen) atoms. The standard InChI is InChI=1S/C15H26N2/c1-11-7-8-14(9-12(11)2)17-15-6-4-3-5-13(15)10-16/h11-15,17H,3-9H2,1-2H3. The van der Waals surface area contributed by atoms with E-state index in [9.17, 15) is 5.26 Å². The fourth-order valence-corrected chi connectivity index (χ4v) is 3.49. The van der Waals surface area contributed by atoms with E-state index in [-0.39, 0.29) is 5.92 Å². The first-order chi connectivity index (χ1) is 8.20. The Bertz CT molecular complexity index is 281. The van der Waals surface area contributed by atoms with Crippen LogP contribution in [0.25, 0.3) is 0 Å². The lowest BCUT2D eigenvalue weighted by Gasteiger charge is -2.37. The maximum atomic E-state index is 9.19. The van der Waals surface area contributed by atoms with E-state index >= 15 is 0 Å². The largest absolute Gasteiger partial charge is 0.310 e. The minimum Gasteiger partial charge on any atom is -0.310 e. The summed E-state index contributed by atoms with van der Waals surface area (Å²) < 4.78 is 0. The van der Waals surface area contributed by atoms with Gasteiger partial charge in [0, 0.05) is 12.1 Å².